The van der Waals surface area contributed by atoms with Crippen LogP contribution in [0.5, 0.6) is 11.5 Å². The molecule has 37 heavy (non-hydrogen) atoms. The van der Waals surface area contributed by atoms with Crippen molar-refractivity contribution in [1.82, 2.24) is 8.61 Å². The molecule has 0 unspecified atom stereocenters. The van der Waals surface area contributed by atoms with E-state index in [-0.39, 0.29) is 35.0 Å². The van der Waals surface area contributed by atoms with Gasteiger partial charge in [-0.25, -0.2) is 16.8 Å². The van der Waals surface area contributed by atoms with Crippen LogP contribution in [0.3, 0.4) is 0 Å². The van der Waals surface area contributed by atoms with Crippen molar-refractivity contribution in [1.29, 1.82) is 0 Å². The Hall–Kier alpha value is -2.18. The summed E-state index contributed by atoms with van der Waals surface area (Å²) in [5.41, 5.74) is 0.654. The lowest BCUT2D eigenvalue weighted by molar-refractivity contribution is 0.0924. The SMILES string of the molecule is COc1cccc(CN(C[C@H]2CCCO2)S(=O)(=O)c2ccc(S(=O)(=O)N3CCCC[C@H]3C)cc2)c1OC. The number of hydrogen-bond acceptors (Lipinski definition) is 7. The number of sulfonamides is 2. The molecular weight excluding hydrogens is 516 g/mol. The number of rotatable bonds is 10. The normalized spacial score (nSPS) is 21.3. The number of piperidine rings is 1. The Bertz CT molecular complexity index is 1270. The number of benzene rings is 2. The summed E-state index contributed by atoms with van der Waals surface area (Å²) in [5, 5.41) is 0. The molecule has 0 aromatic heterocycles. The molecule has 2 heterocycles. The first-order valence-electron chi connectivity index (χ1n) is 12.6. The van der Waals surface area contributed by atoms with Gasteiger partial charge in [0.1, 0.15) is 0 Å². The average Bonchev–Trinajstić information content (AvgIpc) is 3.41. The topological polar surface area (TPSA) is 102 Å². The molecule has 0 bridgehead atoms. The van der Waals surface area contributed by atoms with Crippen LogP contribution in [0, 0.1) is 0 Å². The lowest BCUT2D eigenvalue weighted by atomic mass is 10.1. The second-order valence-corrected chi connectivity index (χ2v) is 13.3. The smallest absolute Gasteiger partial charge is 0.243 e. The Balaban J connectivity index is 1.64. The van der Waals surface area contributed by atoms with Gasteiger partial charge in [-0.3, -0.25) is 0 Å². The minimum absolute atomic E-state index is 0.0259. The number of ether oxygens (including phenoxy) is 3. The molecule has 204 valence electrons. The second-order valence-electron chi connectivity index (χ2n) is 9.52. The van der Waals surface area contributed by atoms with Gasteiger partial charge in [-0.05, 0) is 62.9 Å². The van der Waals surface area contributed by atoms with Gasteiger partial charge in [0, 0.05) is 37.8 Å². The van der Waals surface area contributed by atoms with Crippen LogP contribution in [-0.2, 0) is 31.3 Å². The number of methoxy groups -OCH3 is 2. The molecule has 0 aliphatic carbocycles. The Morgan fingerprint density at radius 2 is 1.68 bits per heavy atom. The maximum absolute atomic E-state index is 13.8. The Morgan fingerprint density at radius 3 is 2.30 bits per heavy atom. The van der Waals surface area contributed by atoms with E-state index in [0.29, 0.717) is 30.2 Å². The van der Waals surface area contributed by atoms with Gasteiger partial charge in [-0.2, -0.15) is 8.61 Å². The van der Waals surface area contributed by atoms with Crippen molar-refractivity contribution >= 4 is 20.0 Å². The predicted molar refractivity (Wildman–Crippen MR) is 140 cm³/mol. The molecule has 0 saturated carbocycles. The van der Waals surface area contributed by atoms with Crippen LogP contribution in [-0.4, -0.2) is 71.5 Å². The highest BCUT2D eigenvalue weighted by molar-refractivity contribution is 7.89. The zero-order valence-corrected chi connectivity index (χ0v) is 23.3. The number of nitrogens with zero attached hydrogens (tertiary/aromatic N) is 2. The fourth-order valence-corrected chi connectivity index (χ4v) is 8.18. The Labute approximate surface area is 220 Å². The lowest BCUT2D eigenvalue weighted by Crippen LogP contribution is -2.41. The average molecular weight is 553 g/mol. The summed E-state index contributed by atoms with van der Waals surface area (Å²) >= 11 is 0. The second kappa shape index (κ2) is 11.7. The van der Waals surface area contributed by atoms with Crippen molar-refractivity contribution in [3.05, 3.63) is 48.0 Å². The van der Waals surface area contributed by atoms with E-state index in [1.807, 2.05) is 6.92 Å². The first-order valence-corrected chi connectivity index (χ1v) is 15.5. The molecular formula is C26H36N2O7S2. The van der Waals surface area contributed by atoms with Crippen LogP contribution in [0.25, 0.3) is 0 Å². The van der Waals surface area contributed by atoms with Crippen LogP contribution >= 0.6 is 0 Å². The molecule has 0 radical (unpaired) electrons. The first kappa shape index (κ1) is 27.8. The summed E-state index contributed by atoms with van der Waals surface area (Å²) in [6.45, 7) is 3.21. The minimum atomic E-state index is -3.98. The van der Waals surface area contributed by atoms with Crippen molar-refractivity contribution in [2.75, 3.05) is 33.9 Å². The summed E-state index contributed by atoms with van der Waals surface area (Å²) in [6, 6.07) is 10.8. The van der Waals surface area contributed by atoms with E-state index >= 15 is 0 Å². The fraction of sp³-hybridized carbons (Fsp3) is 0.538. The molecule has 2 atom stereocenters. The van der Waals surface area contributed by atoms with E-state index in [1.165, 1.54) is 47.1 Å². The summed E-state index contributed by atoms with van der Waals surface area (Å²) in [6.07, 6.45) is 4.07. The van der Waals surface area contributed by atoms with Crippen molar-refractivity contribution in [2.45, 2.75) is 67.5 Å². The van der Waals surface area contributed by atoms with Gasteiger partial charge < -0.3 is 14.2 Å². The molecule has 2 aromatic carbocycles. The Kier molecular flexibility index (Phi) is 8.80. The molecule has 2 aliphatic heterocycles. The standard InChI is InChI=1S/C26H36N2O7S2/c1-20-8-4-5-16-28(20)37(31,32)24-14-12-23(13-15-24)36(29,30)27(19-22-10-7-17-35-22)18-21-9-6-11-25(33-2)26(21)34-3/h6,9,11-15,20,22H,4-5,7-8,10,16-19H2,1-3H3/t20-,22-/m1/s1. The van der Waals surface area contributed by atoms with E-state index in [0.717, 1.165) is 32.1 Å². The minimum Gasteiger partial charge on any atom is -0.493 e. The third-order valence-corrected chi connectivity index (χ3v) is 10.9. The molecule has 2 aromatic rings. The monoisotopic (exact) mass is 552 g/mol. The maximum atomic E-state index is 13.8. The van der Waals surface area contributed by atoms with E-state index in [2.05, 4.69) is 0 Å². The van der Waals surface area contributed by atoms with Crippen LogP contribution in [0.2, 0.25) is 0 Å². The van der Waals surface area contributed by atoms with E-state index < -0.39 is 20.0 Å². The van der Waals surface area contributed by atoms with E-state index in [4.69, 9.17) is 14.2 Å². The third kappa shape index (κ3) is 5.96. The largest absolute Gasteiger partial charge is 0.493 e. The molecule has 0 spiro atoms. The van der Waals surface area contributed by atoms with Crippen LogP contribution in [0.1, 0.15) is 44.6 Å². The quantitative estimate of drug-likeness (QED) is 0.443. The van der Waals surface area contributed by atoms with Gasteiger partial charge in [0.15, 0.2) is 11.5 Å². The van der Waals surface area contributed by atoms with Crippen molar-refractivity contribution in [3.8, 4) is 11.5 Å². The van der Waals surface area contributed by atoms with E-state index in [9.17, 15) is 16.8 Å². The summed E-state index contributed by atoms with van der Waals surface area (Å²) in [7, 11) is -4.64. The van der Waals surface area contributed by atoms with Gasteiger partial charge in [0.25, 0.3) is 0 Å². The molecule has 2 aliphatic rings. The number of para-hydroxylation sites is 1. The van der Waals surface area contributed by atoms with Crippen molar-refractivity contribution in [2.24, 2.45) is 0 Å². The molecule has 9 nitrogen and oxygen atoms in total. The first-order chi connectivity index (χ1) is 17.7. The van der Waals surface area contributed by atoms with Gasteiger partial charge in [-0.15, -0.1) is 0 Å². The van der Waals surface area contributed by atoms with Gasteiger partial charge in [0.2, 0.25) is 20.0 Å². The zero-order valence-electron chi connectivity index (χ0n) is 21.6. The molecule has 0 amide bonds. The van der Waals surface area contributed by atoms with Gasteiger partial charge >= 0.3 is 0 Å². The molecule has 2 fully saturated rings. The van der Waals surface area contributed by atoms with Crippen molar-refractivity contribution < 1.29 is 31.0 Å². The lowest BCUT2D eigenvalue weighted by Gasteiger charge is -2.32. The highest BCUT2D eigenvalue weighted by atomic mass is 32.2. The highest BCUT2D eigenvalue weighted by Gasteiger charge is 2.33. The summed E-state index contributed by atoms with van der Waals surface area (Å²) < 4.78 is 73.6. The zero-order chi connectivity index (χ0) is 26.6. The molecule has 4 rings (SSSR count). The Morgan fingerprint density at radius 1 is 0.946 bits per heavy atom. The highest BCUT2D eigenvalue weighted by Crippen LogP contribution is 2.33. The molecule has 2 saturated heterocycles. The number of hydrogen-bond donors (Lipinski definition) is 0. The van der Waals surface area contributed by atoms with Crippen molar-refractivity contribution in [3.63, 3.8) is 0 Å². The molecule has 11 heteroatoms. The third-order valence-electron chi connectivity index (χ3n) is 7.07. The van der Waals surface area contributed by atoms with Gasteiger partial charge in [0.05, 0.1) is 30.1 Å². The van der Waals surface area contributed by atoms with Crippen LogP contribution in [0.4, 0.5) is 0 Å². The summed E-state index contributed by atoms with van der Waals surface area (Å²) in [4.78, 5) is 0.123. The summed E-state index contributed by atoms with van der Waals surface area (Å²) in [5.74, 6) is 0.977. The fourth-order valence-electron chi connectivity index (χ4n) is 5.03. The van der Waals surface area contributed by atoms with Crippen LogP contribution < -0.4 is 9.47 Å². The van der Waals surface area contributed by atoms with Gasteiger partial charge in [-0.1, -0.05) is 18.6 Å². The molecule has 0 N–H and O–H groups in total. The predicted octanol–water partition coefficient (Wildman–Crippen LogP) is 3.64. The maximum Gasteiger partial charge on any atom is 0.243 e. The van der Waals surface area contributed by atoms with Crippen LogP contribution in [0.15, 0.2) is 52.3 Å². The van der Waals surface area contributed by atoms with E-state index in [1.54, 1.807) is 18.2 Å².